The highest BCUT2D eigenvalue weighted by Gasteiger charge is 2.07. The minimum Gasteiger partial charge on any atom is -0.489 e. The normalized spacial score (nSPS) is 9.68. The van der Waals surface area contributed by atoms with Gasteiger partial charge in [0.15, 0.2) is 0 Å². The zero-order chi connectivity index (χ0) is 14.3. The Kier molecular flexibility index (Phi) is 6.49. The molecule has 0 aliphatic carbocycles. The van der Waals surface area contributed by atoms with Gasteiger partial charge in [0.2, 0.25) is 0 Å². The number of rotatable bonds is 5. The second kappa shape index (κ2) is 7.89. The maximum atomic E-state index is 11.5. The van der Waals surface area contributed by atoms with Crippen LogP contribution in [-0.2, 0) is 4.84 Å². The lowest BCUT2D eigenvalue weighted by Crippen LogP contribution is -2.30. The summed E-state index contributed by atoms with van der Waals surface area (Å²) >= 11 is 10.9. The number of hydrogen-bond donors (Lipinski definition) is 1. The molecule has 0 aromatic heterocycles. The Hall–Kier alpha value is -1.43. The molecule has 2 amide bonds. The van der Waals surface area contributed by atoms with Gasteiger partial charge in [0.05, 0.1) is 7.11 Å². The fourth-order valence-electron chi connectivity index (χ4n) is 1.12. The van der Waals surface area contributed by atoms with E-state index in [1.54, 1.807) is 24.3 Å². The molecule has 0 aliphatic rings. The summed E-state index contributed by atoms with van der Waals surface area (Å²) in [6, 6.07) is 6.50. The fourth-order valence-corrected chi connectivity index (χ4v) is 1.25. The van der Waals surface area contributed by atoms with E-state index < -0.39 is 0 Å². The zero-order valence-electron chi connectivity index (χ0n) is 10.5. The summed E-state index contributed by atoms with van der Waals surface area (Å²) < 4.78 is 5.51. The van der Waals surface area contributed by atoms with Crippen LogP contribution in [0.5, 0.6) is 5.75 Å². The predicted molar refractivity (Wildman–Crippen MR) is 75.5 cm³/mol. The molecule has 0 atom stereocenters. The van der Waals surface area contributed by atoms with Crippen LogP contribution in [0.4, 0.5) is 10.5 Å². The van der Waals surface area contributed by atoms with Crippen LogP contribution in [0.2, 0.25) is 0 Å². The number of nitrogens with zero attached hydrogens (tertiary/aromatic N) is 1. The third kappa shape index (κ3) is 5.83. The topological polar surface area (TPSA) is 50.8 Å². The average Bonchev–Trinajstić information content (AvgIpc) is 2.39. The average molecular weight is 305 g/mol. The van der Waals surface area contributed by atoms with Crippen LogP contribution in [0.25, 0.3) is 0 Å². The van der Waals surface area contributed by atoms with Crippen LogP contribution in [0, 0.1) is 0 Å². The van der Waals surface area contributed by atoms with Crippen LogP contribution >= 0.6 is 23.2 Å². The smallest absolute Gasteiger partial charge is 0.345 e. The number of anilines is 1. The molecule has 0 aliphatic heterocycles. The molecule has 1 aromatic carbocycles. The van der Waals surface area contributed by atoms with Crippen LogP contribution in [-0.4, -0.2) is 31.9 Å². The Morgan fingerprint density at radius 3 is 2.53 bits per heavy atom. The van der Waals surface area contributed by atoms with Crippen molar-refractivity contribution in [2.45, 2.75) is 0 Å². The van der Waals surface area contributed by atoms with E-state index in [9.17, 15) is 4.79 Å². The number of amides is 2. The number of nitrogens with one attached hydrogen (secondary N) is 1. The van der Waals surface area contributed by atoms with Crippen molar-refractivity contribution in [1.29, 1.82) is 0 Å². The number of hydroxylamine groups is 2. The van der Waals surface area contributed by atoms with E-state index >= 15 is 0 Å². The highest BCUT2D eigenvalue weighted by atomic mass is 35.5. The largest absolute Gasteiger partial charge is 0.489 e. The Labute approximate surface area is 121 Å². The second-order valence-electron chi connectivity index (χ2n) is 3.44. The van der Waals surface area contributed by atoms with Gasteiger partial charge in [-0.25, -0.2) is 9.86 Å². The maximum Gasteiger partial charge on any atom is 0.345 e. The predicted octanol–water partition coefficient (Wildman–Crippen LogP) is 3.41. The molecule has 0 radical (unpaired) electrons. The Balaban J connectivity index is 2.52. The highest BCUT2D eigenvalue weighted by Crippen LogP contribution is 2.16. The van der Waals surface area contributed by atoms with Crippen LogP contribution in [0.1, 0.15) is 0 Å². The van der Waals surface area contributed by atoms with Gasteiger partial charge < -0.3 is 10.1 Å². The summed E-state index contributed by atoms with van der Waals surface area (Å²) in [6.07, 6.45) is 1.53. The Morgan fingerprint density at radius 2 is 2.00 bits per heavy atom. The van der Waals surface area contributed by atoms with Gasteiger partial charge in [-0.15, -0.1) is 0 Å². The van der Waals surface area contributed by atoms with Crippen LogP contribution in [0.3, 0.4) is 0 Å². The highest BCUT2D eigenvalue weighted by molar-refractivity contribution is 6.55. The van der Waals surface area contributed by atoms with E-state index in [2.05, 4.69) is 5.32 Å². The van der Waals surface area contributed by atoms with Gasteiger partial charge in [0.1, 0.15) is 16.8 Å². The fraction of sp³-hybridized carbons (Fsp3) is 0.250. The summed E-state index contributed by atoms with van der Waals surface area (Å²) in [7, 11) is 2.92. The molecule has 0 bridgehead atoms. The van der Waals surface area contributed by atoms with Gasteiger partial charge in [-0.05, 0) is 30.3 Å². The van der Waals surface area contributed by atoms with Crippen LogP contribution in [0.15, 0.2) is 34.8 Å². The molecular weight excluding hydrogens is 291 g/mol. The first kappa shape index (κ1) is 15.6. The van der Waals surface area contributed by atoms with E-state index in [1.165, 1.54) is 20.2 Å². The molecule has 0 heterocycles. The number of benzene rings is 1. The minimum absolute atomic E-state index is 0.159. The molecule has 104 valence electrons. The number of hydrogen-bond acceptors (Lipinski definition) is 3. The number of urea groups is 1. The Bertz CT molecular complexity index is 445. The summed E-state index contributed by atoms with van der Waals surface area (Å²) in [5.41, 5.74) is 0.632. The summed E-state index contributed by atoms with van der Waals surface area (Å²) in [5, 5.41) is 3.73. The molecule has 1 aromatic rings. The summed E-state index contributed by atoms with van der Waals surface area (Å²) in [4.78, 5) is 16.2. The molecule has 0 spiro atoms. The SMILES string of the molecule is CON(C)C(=O)Nc1ccc(OCC=C(Cl)Cl)cc1. The van der Waals surface area contributed by atoms with E-state index in [0.29, 0.717) is 11.4 Å². The molecule has 1 rings (SSSR count). The van der Waals surface area contributed by atoms with Crippen LogP contribution < -0.4 is 10.1 Å². The van der Waals surface area contributed by atoms with Crippen molar-refractivity contribution in [1.82, 2.24) is 5.06 Å². The molecule has 0 saturated carbocycles. The van der Waals surface area contributed by atoms with E-state index in [4.69, 9.17) is 32.8 Å². The van der Waals surface area contributed by atoms with Crippen molar-refractivity contribution in [3.63, 3.8) is 0 Å². The second-order valence-corrected chi connectivity index (χ2v) is 4.45. The van der Waals surface area contributed by atoms with Gasteiger partial charge in [0, 0.05) is 12.7 Å². The molecule has 0 saturated heterocycles. The molecule has 7 heteroatoms. The van der Waals surface area contributed by atoms with Crippen molar-refractivity contribution in [2.75, 3.05) is 26.1 Å². The lowest BCUT2D eigenvalue weighted by atomic mass is 10.3. The lowest BCUT2D eigenvalue weighted by Gasteiger charge is -2.14. The standard InChI is InChI=1S/C12H14Cl2N2O3/c1-16(18-2)12(17)15-9-3-5-10(6-4-9)19-8-7-11(13)14/h3-7H,8H2,1-2H3,(H,15,17). The molecule has 1 N–H and O–H groups in total. The molecular formula is C12H14Cl2N2O3. The lowest BCUT2D eigenvalue weighted by molar-refractivity contribution is -0.0598. The van der Waals surface area contributed by atoms with Crippen molar-refractivity contribution >= 4 is 34.9 Å². The minimum atomic E-state index is -0.368. The first-order valence-corrected chi connectivity index (χ1v) is 6.11. The third-order valence-corrected chi connectivity index (χ3v) is 2.46. The molecule has 0 unspecified atom stereocenters. The number of halogens is 2. The summed E-state index contributed by atoms with van der Waals surface area (Å²) in [5.74, 6) is 0.643. The van der Waals surface area contributed by atoms with E-state index in [1.807, 2.05) is 0 Å². The number of ether oxygens (including phenoxy) is 1. The molecule has 0 fully saturated rings. The van der Waals surface area contributed by atoms with Gasteiger partial charge in [-0.3, -0.25) is 4.84 Å². The third-order valence-electron chi connectivity index (χ3n) is 2.15. The van der Waals surface area contributed by atoms with Crippen molar-refractivity contribution < 1.29 is 14.4 Å². The quantitative estimate of drug-likeness (QED) is 0.848. The van der Waals surface area contributed by atoms with Crippen molar-refractivity contribution in [2.24, 2.45) is 0 Å². The first-order valence-electron chi connectivity index (χ1n) is 5.35. The van der Waals surface area contributed by atoms with Gasteiger partial charge in [0.25, 0.3) is 0 Å². The van der Waals surface area contributed by atoms with E-state index in [-0.39, 0.29) is 17.1 Å². The monoisotopic (exact) mass is 304 g/mol. The molecule has 5 nitrogen and oxygen atoms in total. The zero-order valence-corrected chi connectivity index (χ0v) is 12.0. The van der Waals surface area contributed by atoms with Gasteiger partial charge in [-0.2, -0.15) is 0 Å². The first-order chi connectivity index (χ1) is 9.02. The van der Waals surface area contributed by atoms with Crippen molar-refractivity contribution in [3.8, 4) is 5.75 Å². The van der Waals surface area contributed by atoms with Gasteiger partial charge >= 0.3 is 6.03 Å². The number of carbonyl (C=O) groups excluding carboxylic acids is 1. The van der Waals surface area contributed by atoms with Gasteiger partial charge in [-0.1, -0.05) is 23.2 Å². The van der Waals surface area contributed by atoms with E-state index in [0.717, 1.165) is 5.06 Å². The summed E-state index contributed by atoms with van der Waals surface area (Å²) in [6.45, 7) is 0.278. The Morgan fingerprint density at radius 1 is 1.37 bits per heavy atom. The number of carbonyl (C=O) groups is 1. The molecule has 19 heavy (non-hydrogen) atoms. The van der Waals surface area contributed by atoms with Crippen molar-refractivity contribution in [3.05, 3.63) is 34.8 Å². The maximum absolute atomic E-state index is 11.5.